The third kappa shape index (κ3) is 0.814. The Labute approximate surface area is 77.2 Å². The van der Waals surface area contributed by atoms with Gasteiger partial charge in [0.15, 0.2) is 0 Å². The Kier molecular flexibility index (Phi) is 1.29. The molecular weight excluding hydrogens is 164 g/mol. The van der Waals surface area contributed by atoms with Crippen LogP contribution in [0.4, 0.5) is 0 Å². The van der Waals surface area contributed by atoms with Crippen LogP contribution in [0.2, 0.25) is 0 Å². The van der Waals surface area contributed by atoms with Crippen LogP contribution in [0.15, 0.2) is 24.3 Å². The molecule has 1 aromatic rings. The molecule has 1 aromatic carbocycles. The van der Waals surface area contributed by atoms with Crippen LogP contribution in [0.25, 0.3) is 0 Å². The Bertz CT molecular complexity index is 348. The third-order valence-corrected chi connectivity index (χ3v) is 3.18. The zero-order chi connectivity index (χ0) is 8.89. The summed E-state index contributed by atoms with van der Waals surface area (Å²) >= 11 is 0. The highest BCUT2D eigenvalue weighted by atomic mass is 16.5. The summed E-state index contributed by atoms with van der Waals surface area (Å²) in [7, 11) is 0. The van der Waals surface area contributed by atoms with Crippen molar-refractivity contribution in [3.63, 3.8) is 0 Å². The molecule has 1 aliphatic heterocycles. The van der Waals surface area contributed by atoms with Crippen LogP contribution in [-0.2, 0) is 5.60 Å². The molecule has 1 unspecified atom stereocenters. The van der Waals surface area contributed by atoms with E-state index in [1.54, 1.807) is 0 Å². The molecule has 3 rings (SSSR count). The molecule has 0 aromatic heterocycles. The van der Waals surface area contributed by atoms with E-state index in [4.69, 9.17) is 4.74 Å². The molecule has 0 amide bonds. The molecule has 1 N–H and O–H groups in total. The molecule has 1 heterocycles. The van der Waals surface area contributed by atoms with Crippen LogP contribution < -0.4 is 4.74 Å². The molecule has 1 aliphatic carbocycles. The van der Waals surface area contributed by atoms with Crippen molar-refractivity contribution in [1.29, 1.82) is 0 Å². The van der Waals surface area contributed by atoms with Gasteiger partial charge in [-0.25, -0.2) is 0 Å². The number of rotatable bonds is 0. The largest absolute Gasteiger partial charge is 0.487 e. The second-order valence-electron chi connectivity index (χ2n) is 3.92. The number of hydrogen-bond donors (Lipinski definition) is 1. The number of benzene rings is 1. The van der Waals surface area contributed by atoms with Gasteiger partial charge < -0.3 is 9.84 Å². The van der Waals surface area contributed by atoms with Gasteiger partial charge in [-0.05, 0) is 25.3 Å². The lowest BCUT2D eigenvalue weighted by Gasteiger charge is -2.20. The summed E-state index contributed by atoms with van der Waals surface area (Å²) in [5, 5.41) is 10.4. The number of ether oxygens (including phenoxy) is 1. The Balaban J connectivity index is 2.17. The topological polar surface area (TPSA) is 29.5 Å². The predicted molar refractivity (Wildman–Crippen MR) is 48.6 cm³/mol. The monoisotopic (exact) mass is 176 g/mol. The molecule has 1 saturated carbocycles. The summed E-state index contributed by atoms with van der Waals surface area (Å²) < 4.78 is 5.68. The van der Waals surface area contributed by atoms with Gasteiger partial charge in [0.05, 0.1) is 0 Å². The fourth-order valence-corrected chi connectivity index (χ4v) is 2.50. The molecule has 13 heavy (non-hydrogen) atoms. The quantitative estimate of drug-likeness (QED) is 0.653. The molecule has 1 fully saturated rings. The number of hydrogen-bond acceptors (Lipinski definition) is 2. The zero-order valence-electron chi connectivity index (χ0n) is 7.36. The molecule has 2 aliphatic rings. The number of fused-ring (bicyclic) bond motifs is 3. The van der Waals surface area contributed by atoms with Gasteiger partial charge in [-0.1, -0.05) is 18.2 Å². The molecule has 2 nitrogen and oxygen atoms in total. The van der Waals surface area contributed by atoms with Gasteiger partial charge in [-0.2, -0.15) is 0 Å². The average molecular weight is 176 g/mol. The van der Waals surface area contributed by atoms with E-state index in [1.165, 1.54) is 0 Å². The predicted octanol–water partition coefficient (Wildman–Crippen LogP) is 1.82. The first-order chi connectivity index (χ1) is 6.31. The highest BCUT2D eigenvalue weighted by Crippen LogP contribution is 2.49. The van der Waals surface area contributed by atoms with E-state index in [0.717, 1.165) is 30.6 Å². The Morgan fingerprint density at radius 1 is 1.38 bits per heavy atom. The maximum atomic E-state index is 10.4. The highest BCUT2D eigenvalue weighted by Gasteiger charge is 2.50. The lowest BCUT2D eigenvalue weighted by molar-refractivity contribution is -0.0169. The standard InChI is InChI=1S/C11H12O2/c12-11-7-3-6-10(11)13-9-5-2-1-4-8(9)11/h1-2,4-5,10,12H,3,6-7H2/t10?,11-/m1/s1. The second kappa shape index (κ2) is 2.26. The lowest BCUT2D eigenvalue weighted by Crippen LogP contribution is -2.32. The van der Waals surface area contributed by atoms with Crippen molar-refractivity contribution < 1.29 is 9.84 Å². The van der Waals surface area contributed by atoms with Gasteiger partial charge in [0.1, 0.15) is 17.5 Å². The van der Waals surface area contributed by atoms with Crippen molar-refractivity contribution in [2.75, 3.05) is 0 Å². The molecular formula is C11H12O2. The Hall–Kier alpha value is -1.02. The maximum Gasteiger partial charge on any atom is 0.132 e. The molecule has 0 spiro atoms. The van der Waals surface area contributed by atoms with E-state index < -0.39 is 5.60 Å². The van der Waals surface area contributed by atoms with E-state index in [0.29, 0.717) is 0 Å². The van der Waals surface area contributed by atoms with Crippen molar-refractivity contribution in [1.82, 2.24) is 0 Å². The third-order valence-electron chi connectivity index (χ3n) is 3.18. The van der Waals surface area contributed by atoms with Gasteiger partial charge in [-0.3, -0.25) is 0 Å². The Morgan fingerprint density at radius 3 is 3.15 bits per heavy atom. The molecule has 0 saturated heterocycles. The van der Waals surface area contributed by atoms with Crippen LogP contribution >= 0.6 is 0 Å². The van der Waals surface area contributed by atoms with Gasteiger partial charge in [0, 0.05) is 5.56 Å². The van der Waals surface area contributed by atoms with Crippen molar-refractivity contribution in [3.8, 4) is 5.75 Å². The van der Waals surface area contributed by atoms with Crippen LogP contribution in [0.3, 0.4) is 0 Å². The summed E-state index contributed by atoms with van der Waals surface area (Å²) in [6.45, 7) is 0. The minimum Gasteiger partial charge on any atom is -0.487 e. The minimum atomic E-state index is -0.684. The minimum absolute atomic E-state index is 0.00454. The van der Waals surface area contributed by atoms with Gasteiger partial charge >= 0.3 is 0 Å². The summed E-state index contributed by atoms with van der Waals surface area (Å²) in [5.74, 6) is 0.870. The summed E-state index contributed by atoms with van der Waals surface area (Å²) in [6.07, 6.45) is 2.89. The van der Waals surface area contributed by atoms with Crippen molar-refractivity contribution >= 4 is 0 Å². The maximum absolute atomic E-state index is 10.4. The first-order valence-electron chi connectivity index (χ1n) is 4.79. The lowest BCUT2D eigenvalue weighted by atomic mass is 9.92. The molecule has 2 heteroatoms. The van der Waals surface area contributed by atoms with E-state index in [2.05, 4.69) is 0 Å². The smallest absolute Gasteiger partial charge is 0.132 e. The normalized spacial score (nSPS) is 35.3. The molecule has 0 radical (unpaired) electrons. The van der Waals surface area contributed by atoms with E-state index in [1.807, 2.05) is 24.3 Å². The van der Waals surface area contributed by atoms with Crippen LogP contribution in [-0.4, -0.2) is 11.2 Å². The number of para-hydroxylation sites is 1. The number of aliphatic hydroxyl groups is 1. The second-order valence-corrected chi connectivity index (χ2v) is 3.92. The SMILES string of the molecule is O[C@@]12CCCC1Oc1ccccc12. The molecule has 2 atom stereocenters. The van der Waals surface area contributed by atoms with Gasteiger partial charge in [0.2, 0.25) is 0 Å². The van der Waals surface area contributed by atoms with E-state index >= 15 is 0 Å². The van der Waals surface area contributed by atoms with Crippen molar-refractivity contribution in [2.45, 2.75) is 31.0 Å². The summed E-state index contributed by atoms with van der Waals surface area (Å²) in [5.41, 5.74) is 0.300. The Morgan fingerprint density at radius 2 is 2.23 bits per heavy atom. The molecule has 68 valence electrons. The fourth-order valence-electron chi connectivity index (χ4n) is 2.50. The highest BCUT2D eigenvalue weighted by molar-refractivity contribution is 5.43. The van der Waals surface area contributed by atoms with Crippen molar-refractivity contribution in [3.05, 3.63) is 29.8 Å². The first-order valence-corrected chi connectivity index (χ1v) is 4.79. The average Bonchev–Trinajstić information content (AvgIpc) is 2.60. The fraction of sp³-hybridized carbons (Fsp3) is 0.455. The van der Waals surface area contributed by atoms with Gasteiger partial charge in [-0.15, -0.1) is 0 Å². The summed E-state index contributed by atoms with van der Waals surface area (Å²) in [6, 6.07) is 7.82. The van der Waals surface area contributed by atoms with Crippen LogP contribution in [0.1, 0.15) is 24.8 Å². The molecule has 0 bridgehead atoms. The first kappa shape index (κ1) is 7.39. The van der Waals surface area contributed by atoms with Crippen LogP contribution in [0, 0.1) is 0 Å². The van der Waals surface area contributed by atoms with E-state index in [-0.39, 0.29) is 6.10 Å². The van der Waals surface area contributed by atoms with E-state index in [9.17, 15) is 5.11 Å². The zero-order valence-corrected chi connectivity index (χ0v) is 7.36. The summed E-state index contributed by atoms with van der Waals surface area (Å²) in [4.78, 5) is 0. The van der Waals surface area contributed by atoms with Crippen molar-refractivity contribution in [2.24, 2.45) is 0 Å². The van der Waals surface area contributed by atoms with Gasteiger partial charge in [0.25, 0.3) is 0 Å². The van der Waals surface area contributed by atoms with Crippen LogP contribution in [0.5, 0.6) is 5.75 Å².